The minimum atomic E-state index is -5.02. The number of halogens is 5. The summed E-state index contributed by atoms with van der Waals surface area (Å²) in [5, 5.41) is 15.5. The minimum absolute atomic E-state index is 0.0110. The summed E-state index contributed by atoms with van der Waals surface area (Å²) in [7, 11) is 0.473. The molecule has 2 aromatic heterocycles. The molecule has 0 atom stereocenters. The van der Waals surface area contributed by atoms with Crippen molar-refractivity contribution >= 4 is 27.0 Å². The van der Waals surface area contributed by atoms with E-state index in [2.05, 4.69) is 15.2 Å². The summed E-state index contributed by atoms with van der Waals surface area (Å²) in [6.45, 7) is -0.434. The Morgan fingerprint density at radius 1 is 1.16 bits per heavy atom. The van der Waals surface area contributed by atoms with Crippen LogP contribution in [0.15, 0.2) is 58.4 Å². The third-order valence-corrected chi connectivity index (χ3v) is 5.96. The molecule has 0 fully saturated rings. The van der Waals surface area contributed by atoms with E-state index in [0.29, 0.717) is 21.8 Å². The van der Waals surface area contributed by atoms with Crippen molar-refractivity contribution in [3.63, 3.8) is 0 Å². The Morgan fingerprint density at radius 2 is 1.92 bits per heavy atom. The van der Waals surface area contributed by atoms with Gasteiger partial charge in [-0.2, -0.15) is 23.5 Å². The van der Waals surface area contributed by atoms with Crippen molar-refractivity contribution in [1.82, 2.24) is 19.7 Å². The standard InChI is InChI=1S/C23H14ClF4N5O3Si/c24-17-3-1-2-15(18(17)25)16-6-12(31-32-21(16)34)9-33-10-30-20(23(26,27)28)19(22(33)35)36-13-4-11(8-29)5-14(37)7-13/h1-7,10H,9H2,37H3,(H,32,34). The molecule has 4 rings (SSSR count). The first-order valence-corrected chi connectivity index (χ1v) is 11.7. The number of nitrogens with zero attached hydrogens (tertiary/aromatic N) is 4. The summed E-state index contributed by atoms with van der Waals surface area (Å²) in [4.78, 5) is 28.7. The average molecular weight is 548 g/mol. The Hall–Kier alpha value is -4.28. The van der Waals surface area contributed by atoms with Gasteiger partial charge in [0.1, 0.15) is 11.6 Å². The second-order valence-corrected chi connectivity index (χ2v) is 9.37. The molecule has 14 heteroatoms. The number of ether oxygens (including phenoxy) is 1. The highest BCUT2D eigenvalue weighted by Gasteiger charge is 2.38. The van der Waals surface area contributed by atoms with Gasteiger partial charge < -0.3 is 4.74 Å². The maximum atomic E-state index is 14.5. The first kappa shape index (κ1) is 25.8. The highest BCUT2D eigenvalue weighted by atomic mass is 35.5. The first-order chi connectivity index (χ1) is 17.5. The van der Waals surface area contributed by atoms with Gasteiger partial charge in [-0.15, -0.1) is 0 Å². The van der Waals surface area contributed by atoms with E-state index < -0.39 is 41.1 Å². The molecule has 2 heterocycles. The van der Waals surface area contributed by atoms with Crippen LogP contribution >= 0.6 is 11.6 Å². The predicted molar refractivity (Wildman–Crippen MR) is 129 cm³/mol. The number of alkyl halides is 3. The van der Waals surface area contributed by atoms with Gasteiger partial charge in [-0.3, -0.25) is 14.2 Å². The van der Waals surface area contributed by atoms with Crippen molar-refractivity contribution < 1.29 is 22.3 Å². The molecule has 0 unspecified atom stereocenters. The quantitative estimate of drug-likeness (QED) is 0.303. The number of aromatic nitrogens is 4. The zero-order valence-electron chi connectivity index (χ0n) is 18.7. The Labute approximate surface area is 213 Å². The van der Waals surface area contributed by atoms with Gasteiger partial charge >= 0.3 is 6.18 Å². The average Bonchev–Trinajstić information content (AvgIpc) is 2.83. The maximum absolute atomic E-state index is 14.5. The van der Waals surface area contributed by atoms with E-state index in [9.17, 15) is 27.2 Å². The maximum Gasteiger partial charge on any atom is 0.437 e. The van der Waals surface area contributed by atoms with Gasteiger partial charge in [0.15, 0.2) is 5.69 Å². The molecule has 0 aliphatic rings. The van der Waals surface area contributed by atoms with E-state index in [4.69, 9.17) is 21.6 Å². The Kier molecular flexibility index (Phi) is 6.97. The van der Waals surface area contributed by atoms with Gasteiger partial charge in [0, 0.05) is 15.8 Å². The topological polar surface area (TPSA) is 114 Å². The summed E-state index contributed by atoms with van der Waals surface area (Å²) in [5.41, 5.74) is -3.61. The van der Waals surface area contributed by atoms with Gasteiger partial charge in [0.2, 0.25) is 5.75 Å². The van der Waals surface area contributed by atoms with Crippen LogP contribution in [0, 0.1) is 17.1 Å². The molecule has 0 aliphatic carbocycles. The van der Waals surface area contributed by atoms with Crippen molar-refractivity contribution in [2.75, 3.05) is 0 Å². The fourth-order valence-electron chi connectivity index (χ4n) is 3.48. The van der Waals surface area contributed by atoms with Crippen molar-refractivity contribution in [3.05, 3.63) is 97.3 Å². The third kappa shape index (κ3) is 5.45. The summed E-state index contributed by atoms with van der Waals surface area (Å²) >= 11 is 5.79. The zero-order valence-corrected chi connectivity index (χ0v) is 21.5. The van der Waals surface area contributed by atoms with Crippen LogP contribution in [0.2, 0.25) is 5.02 Å². The molecule has 0 saturated carbocycles. The molecule has 8 nitrogen and oxygen atoms in total. The minimum Gasteiger partial charge on any atom is -0.449 e. The Balaban J connectivity index is 1.78. The third-order valence-electron chi connectivity index (χ3n) is 5.10. The van der Waals surface area contributed by atoms with E-state index in [1.54, 1.807) is 6.07 Å². The SMILES string of the molecule is N#Cc1cc([SiH3])cc(Oc2c(C(F)(F)F)ncn(Cc3cc(-c4cccc(Cl)c4F)c(=O)[nH]n3)c2=O)c1. The number of H-pyrrole nitrogens is 1. The molecule has 0 bridgehead atoms. The van der Waals surface area contributed by atoms with Crippen molar-refractivity contribution in [3.8, 4) is 28.7 Å². The molecule has 2 aromatic carbocycles. The van der Waals surface area contributed by atoms with Crippen LogP contribution in [0.4, 0.5) is 17.6 Å². The number of aromatic amines is 1. The highest BCUT2D eigenvalue weighted by Crippen LogP contribution is 2.34. The Morgan fingerprint density at radius 3 is 2.62 bits per heavy atom. The Bertz CT molecular complexity index is 1680. The lowest BCUT2D eigenvalue weighted by molar-refractivity contribution is -0.142. The van der Waals surface area contributed by atoms with Crippen LogP contribution in [-0.4, -0.2) is 30.0 Å². The van der Waals surface area contributed by atoms with Crippen LogP contribution in [0.1, 0.15) is 17.0 Å². The molecule has 0 amide bonds. The van der Waals surface area contributed by atoms with Crippen LogP contribution in [-0.2, 0) is 12.7 Å². The zero-order chi connectivity index (χ0) is 26.9. The lowest BCUT2D eigenvalue weighted by atomic mass is 10.1. The fourth-order valence-corrected chi connectivity index (χ4v) is 4.25. The van der Waals surface area contributed by atoms with Gasteiger partial charge in [0.25, 0.3) is 11.1 Å². The van der Waals surface area contributed by atoms with Gasteiger partial charge in [-0.25, -0.2) is 14.5 Å². The summed E-state index contributed by atoms with van der Waals surface area (Å²) in [6.07, 6.45) is -4.36. The smallest absolute Gasteiger partial charge is 0.437 e. The van der Waals surface area contributed by atoms with Crippen molar-refractivity contribution in [2.45, 2.75) is 12.7 Å². The van der Waals surface area contributed by atoms with Gasteiger partial charge in [-0.05, 0) is 30.3 Å². The largest absolute Gasteiger partial charge is 0.449 e. The molecule has 0 saturated heterocycles. The number of benzene rings is 2. The summed E-state index contributed by atoms with van der Waals surface area (Å²) < 4.78 is 61.5. The van der Waals surface area contributed by atoms with Gasteiger partial charge in [-0.1, -0.05) is 28.9 Å². The molecule has 0 spiro atoms. The van der Waals surface area contributed by atoms with Crippen LogP contribution in [0.3, 0.4) is 0 Å². The van der Waals surface area contributed by atoms with E-state index >= 15 is 0 Å². The van der Waals surface area contributed by atoms with Crippen LogP contribution in [0.5, 0.6) is 11.5 Å². The molecule has 1 N–H and O–H groups in total. The molecule has 188 valence electrons. The molecular weight excluding hydrogens is 534 g/mol. The summed E-state index contributed by atoms with van der Waals surface area (Å²) in [6, 6.07) is 11.3. The summed E-state index contributed by atoms with van der Waals surface area (Å²) in [5.74, 6) is -2.09. The second kappa shape index (κ2) is 10.00. The molecule has 0 aliphatic heterocycles. The lowest BCUT2D eigenvalue weighted by Gasteiger charge is -2.15. The highest BCUT2D eigenvalue weighted by molar-refractivity contribution is 6.32. The van der Waals surface area contributed by atoms with Gasteiger partial charge in [0.05, 0.1) is 40.8 Å². The number of hydrogen-bond acceptors (Lipinski definition) is 6. The lowest BCUT2D eigenvalue weighted by Crippen LogP contribution is -2.27. The van der Waals surface area contributed by atoms with Crippen molar-refractivity contribution in [2.24, 2.45) is 0 Å². The normalized spacial score (nSPS) is 11.4. The van der Waals surface area contributed by atoms with E-state index in [0.717, 1.165) is 4.57 Å². The second-order valence-electron chi connectivity index (χ2n) is 7.81. The molecule has 0 radical (unpaired) electrons. The fraction of sp³-hybridized carbons (Fsp3) is 0.0870. The van der Waals surface area contributed by atoms with Crippen molar-refractivity contribution in [1.29, 1.82) is 5.26 Å². The predicted octanol–water partition coefficient (Wildman–Crippen LogP) is 2.51. The van der Waals surface area contributed by atoms with E-state index in [-0.39, 0.29) is 33.2 Å². The monoisotopic (exact) mass is 547 g/mol. The number of nitriles is 1. The van der Waals surface area contributed by atoms with Crippen LogP contribution < -0.4 is 21.0 Å². The van der Waals surface area contributed by atoms with Crippen LogP contribution in [0.25, 0.3) is 11.1 Å². The number of rotatable bonds is 5. The molecular formula is C23H14ClF4N5O3Si. The first-order valence-electron chi connectivity index (χ1n) is 10.4. The number of nitrogens with one attached hydrogen (secondary N) is 1. The van der Waals surface area contributed by atoms with E-state index in [1.807, 2.05) is 6.07 Å². The number of hydrogen-bond donors (Lipinski definition) is 1. The molecule has 37 heavy (non-hydrogen) atoms. The van der Waals surface area contributed by atoms with E-state index in [1.165, 1.54) is 36.4 Å². The molecule has 4 aromatic rings.